The minimum absolute atomic E-state index is 0.00828. The lowest BCUT2D eigenvalue weighted by Crippen LogP contribution is -2.44. The van der Waals surface area contributed by atoms with Gasteiger partial charge in [-0.15, -0.1) is 0 Å². The third kappa shape index (κ3) is 20.8. The van der Waals surface area contributed by atoms with Crippen molar-refractivity contribution in [1.82, 2.24) is 25.3 Å². The number of aromatic nitrogens is 2. The minimum atomic E-state index is -4.50. The number of methoxy groups -OCH3 is 2. The molecular formula is C62H76F4N6O13S2. The van der Waals surface area contributed by atoms with Gasteiger partial charge >= 0.3 is 18.2 Å². The number of carboxylic acids is 1. The second-order valence-corrected chi connectivity index (χ2v) is 26.9. The van der Waals surface area contributed by atoms with Gasteiger partial charge in [-0.2, -0.15) is 0 Å². The number of hydrogen-bond acceptors (Lipinski definition) is 14. The minimum Gasteiger partial charge on any atom is -0.481 e. The van der Waals surface area contributed by atoms with Crippen LogP contribution in [0, 0.1) is 23.3 Å². The molecule has 0 atom stereocenters. The summed E-state index contributed by atoms with van der Waals surface area (Å²) in [5, 5.41) is 19.3. The number of nitrogens with zero attached hydrogens (tertiary/aromatic N) is 2. The van der Waals surface area contributed by atoms with Crippen molar-refractivity contribution < 1.29 is 77.6 Å². The number of primary sulfonamides is 1. The Morgan fingerprint density at radius 3 is 1.29 bits per heavy atom. The van der Waals surface area contributed by atoms with Gasteiger partial charge < -0.3 is 34.7 Å². The van der Waals surface area contributed by atoms with Gasteiger partial charge in [-0.1, -0.05) is 39.8 Å². The van der Waals surface area contributed by atoms with Crippen LogP contribution in [0.1, 0.15) is 142 Å². The number of alkyl carbamates (subject to hydrolysis) is 2. The summed E-state index contributed by atoms with van der Waals surface area (Å²) in [5.74, 6) is -3.95. The molecule has 472 valence electrons. The van der Waals surface area contributed by atoms with Crippen LogP contribution in [0.15, 0.2) is 107 Å². The van der Waals surface area contributed by atoms with Gasteiger partial charge in [0.1, 0.15) is 34.5 Å². The summed E-state index contributed by atoms with van der Waals surface area (Å²) in [6, 6.07) is 18.3. The molecule has 2 heterocycles. The van der Waals surface area contributed by atoms with Gasteiger partial charge in [0.15, 0.2) is 0 Å². The highest BCUT2D eigenvalue weighted by Crippen LogP contribution is 2.36. The molecule has 0 fully saturated rings. The number of nitrogens with one attached hydrogen (secondary N) is 3. The average molecular weight is 1250 g/mol. The molecule has 6 N–H and O–H groups in total. The van der Waals surface area contributed by atoms with E-state index in [1.807, 2.05) is 32.4 Å². The van der Waals surface area contributed by atoms with Crippen LogP contribution in [0.3, 0.4) is 0 Å². The molecular weight excluding hydrogens is 1180 g/mol. The molecule has 2 aromatic heterocycles. The van der Waals surface area contributed by atoms with Crippen molar-refractivity contribution in [1.29, 1.82) is 0 Å². The van der Waals surface area contributed by atoms with E-state index in [0.29, 0.717) is 50.4 Å². The predicted molar refractivity (Wildman–Crippen MR) is 320 cm³/mol. The van der Waals surface area contributed by atoms with Crippen LogP contribution >= 0.6 is 0 Å². The van der Waals surface area contributed by atoms with Crippen LogP contribution in [0.5, 0.6) is 11.8 Å². The molecule has 87 heavy (non-hydrogen) atoms. The van der Waals surface area contributed by atoms with Crippen molar-refractivity contribution in [2.45, 2.75) is 154 Å². The zero-order valence-electron chi connectivity index (χ0n) is 51.5. The molecule has 4 aromatic carbocycles. The fourth-order valence-corrected chi connectivity index (χ4v) is 10.3. The maximum Gasteiger partial charge on any atom is 0.408 e. The summed E-state index contributed by atoms with van der Waals surface area (Å²) >= 11 is 0. The average Bonchev–Trinajstić information content (AvgIpc) is 1.06. The Bertz CT molecular complexity index is 3730. The second-order valence-electron chi connectivity index (χ2n) is 23.6. The Hall–Kier alpha value is -8.16. The van der Waals surface area contributed by atoms with E-state index < -0.39 is 95.2 Å². The lowest BCUT2D eigenvalue weighted by Gasteiger charge is -2.29. The fraction of sp³-hybridized carbons (Fsp3) is 0.387. The number of hydrogen-bond donors (Lipinski definition) is 5. The number of carboxylic acid groups (broad SMARTS) is 1. The number of sulfonamides is 2. The number of halogens is 4. The summed E-state index contributed by atoms with van der Waals surface area (Å²) < 4.78 is 129. The number of amides is 3. The summed E-state index contributed by atoms with van der Waals surface area (Å²) in [6.07, 6.45) is 0.997. The zero-order valence-corrected chi connectivity index (χ0v) is 53.1. The van der Waals surface area contributed by atoms with E-state index >= 15 is 4.39 Å². The summed E-state index contributed by atoms with van der Waals surface area (Å²) in [6.45, 7) is 23.9. The number of rotatable bonds is 17. The lowest BCUT2D eigenvalue weighted by molar-refractivity contribution is -0.136. The number of aliphatic carboxylic acids is 1. The number of benzene rings is 4. The quantitative estimate of drug-likeness (QED) is 0.0531. The van der Waals surface area contributed by atoms with Crippen molar-refractivity contribution in [2.24, 2.45) is 5.14 Å². The van der Waals surface area contributed by atoms with E-state index in [1.165, 1.54) is 76.7 Å². The van der Waals surface area contributed by atoms with Crippen molar-refractivity contribution in [2.75, 3.05) is 14.2 Å². The third-order valence-electron chi connectivity index (χ3n) is 12.7. The Kier molecular flexibility index (Phi) is 23.4. The molecule has 0 bridgehead atoms. The Morgan fingerprint density at radius 1 is 0.563 bits per heavy atom. The topological polar surface area (TPSA) is 282 Å². The van der Waals surface area contributed by atoms with Crippen LogP contribution in [0.4, 0.5) is 27.2 Å². The highest BCUT2D eigenvalue weighted by atomic mass is 32.2. The molecule has 19 nitrogen and oxygen atoms in total. The van der Waals surface area contributed by atoms with E-state index in [4.69, 9.17) is 24.1 Å². The first-order valence-corrected chi connectivity index (χ1v) is 30.1. The summed E-state index contributed by atoms with van der Waals surface area (Å²) in [5.41, 5.74) is 0.749. The third-order valence-corrected chi connectivity index (χ3v) is 14.9. The SMILES string of the molecule is CC(C)(C)OC(=O)NC(C)(C)c1ccc(S(N)(=O)=O)cc1F.COc1cc(-c2cc(F)cc(C(C)C)c2CC(=O)NS(=O)(=O)c2ccc(C(C)(C)NC(=O)OC(C)(C)C)c(F)c2)ccn1.COc1cc(-c2cc(F)cc(C(C)C)c2CC(=O)O)ccn1. The fourth-order valence-electron chi connectivity index (χ4n) is 8.79. The molecule has 0 unspecified atom stereocenters. The number of nitrogens with two attached hydrogens (primary N) is 1. The first kappa shape index (κ1) is 71.3. The summed E-state index contributed by atoms with van der Waals surface area (Å²) in [4.78, 5) is 55.7. The van der Waals surface area contributed by atoms with E-state index in [-0.39, 0.29) is 46.0 Å². The van der Waals surface area contributed by atoms with Crippen LogP contribution < -0.4 is 30.0 Å². The van der Waals surface area contributed by atoms with Gasteiger partial charge in [0.2, 0.25) is 27.7 Å². The van der Waals surface area contributed by atoms with E-state index in [9.17, 15) is 54.3 Å². The van der Waals surface area contributed by atoms with Crippen LogP contribution in [0.2, 0.25) is 0 Å². The number of carbonyl (C=O) groups excluding carboxylic acids is 3. The Labute approximate surface area is 505 Å². The first-order chi connectivity index (χ1) is 40.0. The first-order valence-electron chi connectivity index (χ1n) is 27.1. The molecule has 0 aliphatic carbocycles. The Morgan fingerprint density at radius 2 is 0.943 bits per heavy atom. The number of ether oxygens (including phenoxy) is 4. The van der Waals surface area contributed by atoms with Gasteiger partial charge in [-0.3, -0.25) is 9.59 Å². The predicted octanol–water partition coefficient (Wildman–Crippen LogP) is 11.8. The molecule has 0 saturated carbocycles. The van der Waals surface area contributed by atoms with E-state index in [2.05, 4.69) is 20.6 Å². The molecule has 6 rings (SSSR count). The van der Waals surface area contributed by atoms with Crippen LogP contribution in [-0.2, 0) is 63.0 Å². The lowest BCUT2D eigenvalue weighted by atomic mass is 9.88. The van der Waals surface area contributed by atoms with Crippen molar-refractivity contribution in [3.8, 4) is 34.0 Å². The van der Waals surface area contributed by atoms with Gasteiger partial charge in [0, 0.05) is 35.7 Å². The van der Waals surface area contributed by atoms with Gasteiger partial charge in [0.25, 0.3) is 10.0 Å². The van der Waals surface area contributed by atoms with Gasteiger partial charge in [-0.25, -0.2) is 63.8 Å². The highest BCUT2D eigenvalue weighted by Gasteiger charge is 2.32. The van der Waals surface area contributed by atoms with E-state index in [1.54, 1.807) is 85.9 Å². The molecule has 3 amide bonds. The largest absolute Gasteiger partial charge is 0.481 e. The van der Waals surface area contributed by atoms with Crippen LogP contribution in [-0.4, -0.2) is 81.4 Å². The standard InChI is InChI=1S/C31H37F2N3O6S.C17H18FNO3.C14H21FN2O4S/c1-18(2)22-14-20(32)15-23(19-11-12-34-28(13-19)41-8)24(22)17-27(37)36-43(39,40)21-9-10-25(26(33)16-21)31(6,7)35-29(38)42-30(3,4)5;1-10(2)13-7-12(18)8-14(15(13)9-17(20)21)11-4-5-19-16(6-11)22-3;1-13(2,3)21-12(18)17-14(4,5)10-7-6-9(8-11(10)15)22(16,19)20/h9-16,18H,17H2,1-8H3,(H,35,38)(H,36,37);4-8,10H,9H2,1-3H3,(H,20,21);6-8H,1-5H3,(H,17,18)(H2,16,19,20). The Balaban J connectivity index is 0.000000309. The molecule has 0 radical (unpaired) electrons. The van der Waals surface area contributed by atoms with Crippen molar-refractivity contribution in [3.63, 3.8) is 0 Å². The van der Waals surface area contributed by atoms with Crippen molar-refractivity contribution in [3.05, 3.63) is 154 Å². The molecule has 25 heteroatoms. The second kappa shape index (κ2) is 28.6. The number of pyridine rings is 2. The number of carbonyl (C=O) groups is 4. The molecule has 0 aliphatic rings. The highest BCUT2D eigenvalue weighted by molar-refractivity contribution is 7.90. The molecule has 0 aliphatic heterocycles. The van der Waals surface area contributed by atoms with Crippen molar-refractivity contribution >= 4 is 44.1 Å². The van der Waals surface area contributed by atoms with Gasteiger partial charge in [0.05, 0.1) is 47.9 Å². The van der Waals surface area contributed by atoms with Gasteiger partial charge in [-0.05, 0) is 186 Å². The van der Waals surface area contributed by atoms with E-state index in [0.717, 1.165) is 18.2 Å². The molecule has 6 aromatic rings. The monoisotopic (exact) mass is 1250 g/mol. The molecule has 0 saturated heterocycles. The van der Waals surface area contributed by atoms with Crippen LogP contribution in [0.25, 0.3) is 22.3 Å². The normalized spacial score (nSPS) is 12.0. The zero-order chi connectivity index (χ0) is 65.9. The summed E-state index contributed by atoms with van der Waals surface area (Å²) in [7, 11) is -5.55. The maximum atomic E-state index is 15.2. The maximum absolute atomic E-state index is 15.2. The smallest absolute Gasteiger partial charge is 0.408 e. The molecule has 0 spiro atoms.